The molecule has 11 heavy (non-hydrogen) atoms. The zero-order chi connectivity index (χ0) is 8.27. The van der Waals surface area contributed by atoms with E-state index in [4.69, 9.17) is 15.7 Å². The summed E-state index contributed by atoms with van der Waals surface area (Å²) in [6, 6.07) is 5.10. The maximum atomic E-state index is 8.55. The molecule has 1 aromatic carbocycles. The topological polar surface area (TPSA) is 67.5 Å². The summed E-state index contributed by atoms with van der Waals surface area (Å²) >= 11 is 0. The van der Waals surface area contributed by atoms with Crippen LogP contribution in [0.3, 0.4) is 0 Å². The second kappa shape index (κ2) is 3.12. The van der Waals surface area contributed by atoms with E-state index in [1.807, 2.05) is 5.48 Å². The predicted octanol–water partition coefficient (Wildman–Crippen LogP) is 1.08. The molecule has 0 unspecified atom stereocenters. The molecule has 0 saturated carbocycles. The summed E-state index contributed by atoms with van der Waals surface area (Å²) in [5.74, 6) is 0.545. The van der Waals surface area contributed by atoms with Gasteiger partial charge in [0.25, 0.3) is 0 Å². The van der Waals surface area contributed by atoms with Crippen molar-refractivity contribution in [2.24, 2.45) is 0 Å². The first kappa shape index (κ1) is 7.68. The highest BCUT2D eigenvalue weighted by atomic mass is 16.5. The van der Waals surface area contributed by atoms with Gasteiger partial charge in [0, 0.05) is 0 Å². The smallest absolute Gasteiger partial charge is 0.143 e. The molecule has 4 N–H and O–H groups in total. The van der Waals surface area contributed by atoms with E-state index < -0.39 is 0 Å². The molecule has 4 heteroatoms. The third-order valence-corrected chi connectivity index (χ3v) is 1.41. The largest absolute Gasteiger partial charge is 0.495 e. The number of methoxy groups -OCH3 is 1. The molecule has 0 amide bonds. The van der Waals surface area contributed by atoms with Gasteiger partial charge in [-0.1, -0.05) is 6.07 Å². The fourth-order valence-electron chi connectivity index (χ4n) is 0.820. The third kappa shape index (κ3) is 1.35. The van der Waals surface area contributed by atoms with Crippen LogP contribution in [0, 0.1) is 0 Å². The van der Waals surface area contributed by atoms with E-state index >= 15 is 0 Å². The molecule has 0 aliphatic heterocycles. The van der Waals surface area contributed by atoms with Crippen molar-refractivity contribution >= 4 is 11.4 Å². The maximum absolute atomic E-state index is 8.55. The number of ether oxygens (including phenoxy) is 1. The van der Waals surface area contributed by atoms with Crippen LogP contribution in [-0.2, 0) is 0 Å². The summed E-state index contributed by atoms with van der Waals surface area (Å²) in [7, 11) is 1.52. The number of nitrogen functional groups attached to an aromatic ring is 1. The van der Waals surface area contributed by atoms with Crippen molar-refractivity contribution < 1.29 is 9.94 Å². The van der Waals surface area contributed by atoms with Crippen LogP contribution in [0.4, 0.5) is 11.4 Å². The minimum absolute atomic E-state index is 0.400. The van der Waals surface area contributed by atoms with Gasteiger partial charge in [-0.3, -0.25) is 10.7 Å². The van der Waals surface area contributed by atoms with Crippen LogP contribution < -0.4 is 16.0 Å². The first-order valence-corrected chi connectivity index (χ1v) is 3.12. The molecule has 1 aromatic rings. The molecule has 0 aromatic heterocycles. The van der Waals surface area contributed by atoms with Crippen LogP contribution in [0.15, 0.2) is 18.2 Å². The molecular weight excluding hydrogens is 144 g/mol. The lowest BCUT2D eigenvalue weighted by Gasteiger charge is -2.07. The van der Waals surface area contributed by atoms with Crippen LogP contribution in [0.2, 0.25) is 0 Å². The Bertz CT molecular complexity index is 228. The van der Waals surface area contributed by atoms with Gasteiger partial charge in [-0.15, -0.1) is 0 Å². The standard InChI is InChI=1S/C7H10N2O2/c1-11-6-4-2-3-5(9-10)7(6)8/h2-4,9-10H,8H2,1H3. The molecule has 0 saturated heterocycles. The third-order valence-electron chi connectivity index (χ3n) is 1.41. The number of rotatable bonds is 2. The van der Waals surface area contributed by atoms with Crippen LogP contribution in [0.5, 0.6) is 5.75 Å². The predicted molar refractivity (Wildman–Crippen MR) is 42.8 cm³/mol. The van der Waals surface area contributed by atoms with Gasteiger partial charge in [0.2, 0.25) is 0 Å². The summed E-state index contributed by atoms with van der Waals surface area (Å²) in [6.07, 6.45) is 0. The molecule has 0 radical (unpaired) electrons. The number of anilines is 2. The Balaban J connectivity index is 3.10. The Hall–Kier alpha value is -1.42. The van der Waals surface area contributed by atoms with Gasteiger partial charge in [-0.05, 0) is 12.1 Å². The average molecular weight is 154 g/mol. The lowest BCUT2D eigenvalue weighted by Crippen LogP contribution is -1.98. The summed E-state index contributed by atoms with van der Waals surface area (Å²) in [4.78, 5) is 0. The quantitative estimate of drug-likeness (QED) is 0.440. The van der Waals surface area contributed by atoms with Crippen molar-refractivity contribution in [2.45, 2.75) is 0 Å². The molecule has 0 spiro atoms. The molecule has 1 rings (SSSR count). The molecule has 0 heterocycles. The average Bonchev–Trinajstić information content (AvgIpc) is 2.05. The number of para-hydroxylation sites is 1. The molecule has 0 fully saturated rings. The Kier molecular flexibility index (Phi) is 2.18. The van der Waals surface area contributed by atoms with E-state index in [0.717, 1.165) is 0 Å². The van der Waals surface area contributed by atoms with E-state index in [-0.39, 0.29) is 0 Å². The number of benzene rings is 1. The van der Waals surface area contributed by atoms with E-state index in [0.29, 0.717) is 17.1 Å². The molecule has 0 atom stereocenters. The van der Waals surface area contributed by atoms with E-state index in [2.05, 4.69) is 0 Å². The molecule has 60 valence electrons. The van der Waals surface area contributed by atoms with Crippen LogP contribution in [0.1, 0.15) is 0 Å². The van der Waals surface area contributed by atoms with Crippen molar-refractivity contribution in [3.63, 3.8) is 0 Å². The van der Waals surface area contributed by atoms with Crippen molar-refractivity contribution in [1.82, 2.24) is 0 Å². The van der Waals surface area contributed by atoms with Gasteiger partial charge in [0.1, 0.15) is 5.75 Å². The Morgan fingerprint density at radius 2 is 2.27 bits per heavy atom. The van der Waals surface area contributed by atoms with Crippen molar-refractivity contribution in [3.8, 4) is 5.75 Å². The first-order valence-electron chi connectivity index (χ1n) is 3.12. The van der Waals surface area contributed by atoms with Crippen molar-refractivity contribution in [2.75, 3.05) is 18.3 Å². The lowest BCUT2D eigenvalue weighted by atomic mass is 10.2. The van der Waals surface area contributed by atoms with Gasteiger partial charge in [-0.25, -0.2) is 0 Å². The van der Waals surface area contributed by atoms with E-state index in [1.165, 1.54) is 7.11 Å². The van der Waals surface area contributed by atoms with E-state index in [1.54, 1.807) is 18.2 Å². The summed E-state index contributed by atoms with van der Waals surface area (Å²) < 4.78 is 4.91. The minimum atomic E-state index is 0.400. The number of hydrogen-bond donors (Lipinski definition) is 3. The van der Waals surface area contributed by atoms with Gasteiger partial charge in [0.15, 0.2) is 0 Å². The summed E-state index contributed by atoms with van der Waals surface area (Å²) in [5, 5.41) is 8.55. The molecule has 0 aliphatic carbocycles. The van der Waals surface area contributed by atoms with Crippen molar-refractivity contribution in [3.05, 3.63) is 18.2 Å². The highest BCUT2D eigenvalue weighted by Gasteiger charge is 2.02. The number of nitrogens with one attached hydrogen (secondary N) is 1. The number of nitrogens with two attached hydrogens (primary N) is 1. The highest BCUT2D eigenvalue weighted by Crippen LogP contribution is 2.27. The van der Waals surface area contributed by atoms with Gasteiger partial charge >= 0.3 is 0 Å². The van der Waals surface area contributed by atoms with Gasteiger partial charge < -0.3 is 10.5 Å². The highest BCUT2D eigenvalue weighted by molar-refractivity contribution is 5.71. The molecule has 4 nitrogen and oxygen atoms in total. The fraction of sp³-hybridized carbons (Fsp3) is 0.143. The Morgan fingerprint density at radius 3 is 2.82 bits per heavy atom. The monoisotopic (exact) mass is 154 g/mol. The Labute approximate surface area is 64.5 Å². The fourth-order valence-corrected chi connectivity index (χ4v) is 0.820. The summed E-state index contributed by atoms with van der Waals surface area (Å²) in [5.41, 5.74) is 8.37. The van der Waals surface area contributed by atoms with Gasteiger partial charge in [0.05, 0.1) is 18.5 Å². The van der Waals surface area contributed by atoms with E-state index in [9.17, 15) is 0 Å². The van der Waals surface area contributed by atoms with Crippen LogP contribution in [0.25, 0.3) is 0 Å². The summed E-state index contributed by atoms with van der Waals surface area (Å²) in [6.45, 7) is 0. The van der Waals surface area contributed by atoms with Gasteiger partial charge in [-0.2, -0.15) is 0 Å². The second-order valence-corrected chi connectivity index (χ2v) is 2.03. The minimum Gasteiger partial charge on any atom is -0.495 e. The lowest BCUT2D eigenvalue weighted by molar-refractivity contribution is 0.387. The zero-order valence-electron chi connectivity index (χ0n) is 6.16. The first-order chi connectivity index (χ1) is 5.29. The molecule has 0 bridgehead atoms. The molecule has 0 aliphatic rings. The second-order valence-electron chi connectivity index (χ2n) is 2.03. The maximum Gasteiger partial charge on any atom is 0.143 e. The zero-order valence-corrected chi connectivity index (χ0v) is 6.16. The van der Waals surface area contributed by atoms with Crippen LogP contribution in [-0.4, -0.2) is 12.3 Å². The van der Waals surface area contributed by atoms with Crippen molar-refractivity contribution in [1.29, 1.82) is 0 Å². The normalized spacial score (nSPS) is 9.27. The number of hydrogen-bond acceptors (Lipinski definition) is 4. The molecular formula is C7H10N2O2. The Morgan fingerprint density at radius 1 is 1.55 bits per heavy atom. The SMILES string of the molecule is COc1cccc(NO)c1N. The van der Waals surface area contributed by atoms with Crippen LogP contribution >= 0.6 is 0 Å².